The van der Waals surface area contributed by atoms with E-state index in [1.807, 2.05) is 11.3 Å². The van der Waals surface area contributed by atoms with Gasteiger partial charge in [-0.3, -0.25) is 0 Å². The summed E-state index contributed by atoms with van der Waals surface area (Å²) in [6, 6.07) is 11.4. The Morgan fingerprint density at radius 3 is 2.52 bits per heavy atom. The molecule has 4 heteroatoms. The molecule has 21 heavy (non-hydrogen) atoms. The standard InChI is InChI=1S/C17H22BrNOS/c1-4-19-16(15-11-12(2)17(18)21-15)14-7-5-13(6-8-14)9-10-20-3/h5-8,11,16,19H,4,9-10H2,1-3H3. The number of hydrogen-bond donors (Lipinski definition) is 1. The number of benzene rings is 1. The number of nitrogens with one attached hydrogen (secondary N) is 1. The molecule has 1 N–H and O–H groups in total. The third-order valence-electron chi connectivity index (χ3n) is 3.48. The molecule has 1 unspecified atom stereocenters. The lowest BCUT2D eigenvalue weighted by Crippen LogP contribution is -2.21. The Morgan fingerprint density at radius 1 is 1.29 bits per heavy atom. The number of ether oxygens (including phenoxy) is 1. The molecule has 0 fully saturated rings. The van der Waals surface area contributed by atoms with Gasteiger partial charge in [-0.25, -0.2) is 0 Å². The predicted molar refractivity (Wildman–Crippen MR) is 94.3 cm³/mol. The van der Waals surface area contributed by atoms with Gasteiger partial charge in [0.2, 0.25) is 0 Å². The van der Waals surface area contributed by atoms with Gasteiger partial charge in [-0.2, -0.15) is 0 Å². The molecule has 0 aliphatic carbocycles. The molecule has 0 aliphatic rings. The van der Waals surface area contributed by atoms with Crippen molar-refractivity contribution in [3.63, 3.8) is 0 Å². The zero-order valence-corrected chi connectivity index (χ0v) is 15.2. The van der Waals surface area contributed by atoms with Gasteiger partial charge in [-0.15, -0.1) is 11.3 Å². The van der Waals surface area contributed by atoms with Crippen molar-refractivity contribution in [3.8, 4) is 0 Å². The summed E-state index contributed by atoms with van der Waals surface area (Å²) >= 11 is 5.43. The fraction of sp³-hybridized carbons (Fsp3) is 0.412. The molecule has 0 saturated heterocycles. The molecular formula is C17H22BrNOS. The molecule has 1 atom stereocenters. The van der Waals surface area contributed by atoms with Crippen molar-refractivity contribution in [2.45, 2.75) is 26.3 Å². The molecule has 1 aromatic heterocycles. The Hall–Kier alpha value is -0.680. The maximum absolute atomic E-state index is 5.13. The van der Waals surface area contributed by atoms with Crippen molar-refractivity contribution in [2.75, 3.05) is 20.3 Å². The van der Waals surface area contributed by atoms with Crippen LogP contribution in [0.25, 0.3) is 0 Å². The van der Waals surface area contributed by atoms with E-state index in [0.29, 0.717) is 0 Å². The summed E-state index contributed by atoms with van der Waals surface area (Å²) in [4.78, 5) is 1.35. The van der Waals surface area contributed by atoms with E-state index in [-0.39, 0.29) is 6.04 Å². The van der Waals surface area contributed by atoms with Crippen LogP contribution in [-0.2, 0) is 11.2 Å². The molecule has 0 saturated carbocycles. The van der Waals surface area contributed by atoms with Crippen LogP contribution in [0.2, 0.25) is 0 Å². The maximum atomic E-state index is 5.13. The molecule has 0 spiro atoms. The lowest BCUT2D eigenvalue weighted by Gasteiger charge is -2.17. The minimum Gasteiger partial charge on any atom is -0.384 e. The lowest BCUT2D eigenvalue weighted by atomic mass is 10.0. The molecule has 1 heterocycles. The van der Waals surface area contributed by atoms with E-state index in [0.717, 1.165) is 19.6 Å². The van der Waals surface area contributed by atoms with Gasteiger partial charge in [-0.1, -0.05) is 31.2 Å². The molecule has 2 aromatic rings. The molecule has 1 aromatic carbocycles. The van der Waals surface area contributed by atoms with Crippen LogP contribution in [0.4, 0.5) is 0 Å². The van der Waals surface area contributed by atoms with Gasteiger partial charge in [0.15, 0.2) is 0 Å². The van der Waals surface area contributed by atoms with Gasteiger partial charge in [0.05, 0.1) is 16.4 Å². The Kier molecular flexibility index (Phi) is 6.42. The highest BCUT2D eigenvalue weighted by molar-refractivity contribution is 9.11. The van der Waals surface area contributed by atoms with E-state index < -0.39 is 0 Å². The van der Waals surface area contributed by atoms with Crippen LogP contribution in [0.15, 0.2) is 34.1 Å². The Balaban J connectivity index is 2.21. The van der Waals surface area contributed by atoms with Crippen molar-refractivity contribution in [3.05, 3.63) is 55.7 Å². The summed E-state index contributed by atoms with van der Waals surface area (Å²) in [7, 11) is 1.74. The Labute approximate surface area is 139 Å². The van der Waals surface area contributed by atoms with E-state index in [2.05, 4.69) is 65.4 Å². The van der Waals surface area contributed by atoms with Crippen molar-refractivity contribution in [2.24, 2.45) is 0 Å². The number of halogens is 1. The fourth-order valence-electron chi connectivity index (χ4n) is 2.31. The van der Waals surface area contributed by atoms with E-state index in [4.69, 9.17) is 4.74 Å². The molecule has 2 nitrogen and oxygen atoms in total. The maximum Gasteiger partial charge on any atom is 0.0731 e. The van der Waals surface area contributed by atoms with E-state index in [1.54, 1.807) is 7.11 Å². The number of methoxy groups -OCH3 is 1. The van der Waals surface area contributed by atoms with Crippen LogP contribution in [0.5, 0.6) is 0 Å². The highest BCUT2D eigenvalue weighted by Gasteiger charge is 2.16. The largest absolute Gasteiger partial charge is 0.384 e. The summed E-state index contributed by atoms with van der Waals surface area (Å²) in [5, 5.41) is 3.58. The predicted octanol–water partition coefficient (Wildman–Crippen LogP) is 4.71. The minimum absolute atomic E-state index is 0.265. The van der Waals surface area contributed by atoms with Crippen molar-refractivity contribution in [1.82, 2.24) is 5.32 Å². The number of hydrogen-bond acceptors (Lipinski definition) is 3. The zero-order valence-electron chi connectivity index (χ0n) is 12.8. The monoisotopic (exact) mass is 367 g/mol. The Bertz CT molecular complexity index is 545. The molecule has 0 bridgehead atoms. The first-order chi connectivity index (χ1) is 10.2. The second kappa shape index (κ2) is 8.08. The van der Waals surface area contributed by atoms with Crippen LogP contribution in [-0.4, -0.2) is 20.3 Å². The second-order valence-corrected chi connectivity index (χ2v) is 7.48. The zero-order chi connectivity index (χ0) is 15.2. The number of aryl methyl sites for hydroxylation is 1. The summed E-state index contributed by atoms with van der Waals surface area (Å²) in [5.41, 5.74) is 3.93. The molecular weight excluding hydrogens is 346 g/mol. The smallest absolute Gasteiger partial charge is 0.0731 e. The molecule has 0 aliphatic heterocycles. The van der Waals surface area contributed by atoms with Crippen LogP contribution in [0.1, 0.15) is 34.5 Å². The van der Waals surface area contributed by atoms with Gasteiger partial charge in [-0.05, 0) is 58.6 Å². The first kappa shape index (κ1) is 16.7. The van der Waals surface area contributed by atoms with Crippen molar-refractivity contribution < 1.29 is 4.74 Å². The van der Waals surface area contributed by atoms with Gasteiger partial charge in [0.25, 0.3) is 0 Å². The van der Waals surface area contributed by atoms with Gasteiger partial charge in [0.1, 0.15) is 0 Å². The molecule has 0 amide bonds. The third kappa shape index (κ3) is 4.39. The highest BCUT2D eigenvalue weighted by atomic mass is 79.9. The fourth-order valence-corrected chi connectivity index (χ4v) is 3.98. The average Bonchev–Trinajstić information content (AvgIpc) is 2.82. The normalized spacial score (nSPS) is 12.6. The lowest BCUT2D eigenvalue weighted by molar-refractivity contribution is 0.202. The van der Waals surface area contributed by atoms with Gasteiger partial charge in [0, 0.05) is 12.0 Å². The van der Waals surface area contributed by atoms with Crippen molar-refractivity contribution in [1.29, 1.82) is 0 Å². The second-order valence-electron chi connectivity index (χ2n) is 5.08. The Morgan fingerprint density at radius 2 is 2.00 bits per heavy atom. The molecule has 2 rings (SSSR count). The highest BCUT2D eigenvalue weighted by Crippen LogP contribution is 2.34. The number of thiophene rings is 1. The van der Waals surface area contributed by atoms with Gasteiger partial charge < -0.3 is 10.1 Å². The quantitative estimate of drug-likeness (QED) is 0.765. The SMILES string of the molecule is CCNC(c1ccc(CCOC)cc1)c1cc(C)c(Br)s1. The summed E-state index contributed by atoms with van der Waals surface area (Å²) in [6.07, 6.45) is 0.965. The van der Waals surface area contributed by atoms with E-state index >= 15 is 0 Å². The topological polar surface area (TPSA) is 21.3 Å². The first-order valence-corrected chi connectivity index (χ1v) is 8.83. The van der Waals surface area contributed by atoms with E-state index in [1.165, 1.54) is 25.4 Å². The number of rotatable bonds is 7. The van der Waals surface area contributed by atoms with Gasteiger partial charge >= 0.3 is 0 Å². The first-order valence-electron chi connectivity index (χ1n) is 7.22. The summed E-state index contributed by atoms with van der Waals surface area (Å²) < 4.78 is 6.35. The van der Waals surface area contributed by atoms with Crippen LogP contribution in [0.3, 0.4) is 0 Å². The van der Waals surface area contributed by atoms with Crippen LogP contribution >= 0.6 is 27.3 Å². The average molecular weight is 368 g/mol. The molecule has 114 valence electrons. The minimum atomic E-state index is 0.265. The molecule has 0 radical (unpaired) electrons. The van der Waals surface area contributed by atoms with Crippen LogP contribution < -0.4 is 5.32 Å². The van der Waals surface area contributed by atoms with E-state index in [9.17, 15) is 0 Å². The summed E-state index contributed by atoms with van der Waals surface area (Å²) in [5.74, 6) is 0. The van der Waals surface area contributed by atoms with Crippen molar-refractivity contribution >= 4 is 27.3 Å². The summed E-state index contributed by atoms with van der Waals surface area (Å²) in [6.45, 7) is 6.01. The third-order valence-corrected chi connectivity index (χ3v) is 5.68. The van der Waals surface area contributed by atoms with Crippen LogP contribution in [0, 0.1) is 6.92 Å².